The van der Waals surface area contributed by atoms with E-state index in [1.54, 1.807) is 6.20 Å². The molecule has 154 valence electrons. The number of benzene rings is 1. The lowest BCUT2D eigenvalue weighted by molar-refractivity contribution is -0.0333. The number of carbonyl (C=O) groups is 1. The summed E-state index contributed by atoms with van der Waals surface area (Å²) in [6, 6.07) is 6.12. The Hall–Kier alpha value is -2.44. The van der Waals surface area contributed by atoms with Crippen LogP contribution in [0, 0.1) is 6.92 Å². The van der Waals surface area contributed by atoms with E-state index in [4.69, 9.17) is 0 Å². The van der Waals surface area contributed by atoms with Crippen LogP contribution in [0.15, 0.2) is 36.8 Å². The second-order valence-corrected chi connectivity index (χ2v) is 8.74. The third-order valence-corrected chi connectivity index (χ3v) is 6.02. The fourth-order valence-corrected chi connectivity index (χ4v) is 4.32. The molecular weight excluding hydrogens is 364 g/mol. The van der Waals surface area contributed by atoms with Gasteiger partial charge in [-0.1, -0.05) is 26.0 Å². The molecule has 2 N–H and O–H groups in total. The van der Waals surface area contributed by atoms with Gasteiger partial charge in [-0.05, 0) is 31.4 Å². The molecule has 0 bridgehead atoms. The maximum absolute atomic E-state index is 12.9. The van der Waals surface area contributed by atoms with Gasteiger partial charge < -0.3 is 14.7 Å². The maximum atomic E-state index is 12.9. The van der Waals surface area contributed by atoms with E-state index in [9.17, 15) is 9.90 Å². The summed E-state index contributed by atoms with van der Waals surface area (Å²) in [4.78, 5) is 22.7. The molecule has 0 spiro atoms. The maximum Gasteiger partial charge on any atom is 0.178 e. The van der Waals surface area contributed by atoms with Crippen molar-refractivity contribution in [3.63, 3.8) is 0 Å². The van der Waals surface area contributed by atoms with Gasteiger partial charge in [0.2, 0.25) is 0 Å². The zero-order chi connectivity index (χ0) is 20.6. The van der Waals surface area contributed by atoms with E-state index < -0.39 is 5.60 Å². The lowest BCUT2D eigenvalue weighted by Crippen LogP contribution is -2.48. The van der Waals surface area contributed by atoms with Gasteiger partial charge in [0.25, 0.3) is 0 Å². The van der Waals surface area contributed by atoms with Crippen LogP contribution in [0.1, 0.15) is 54.4 Å². The first kappa shape index (κ1) is 19.9. The van der Waals surface area contributed by atoms with Crippen molar-refractivity contribution < 1.29 is 9.90 Å². The molecule has 29 heavy (non-hydrogen) atoms. The standard InChI is InChI=1S/C23H30N4O2/c1-16(2)22-24-8-11-27(22)15-23(29)6-9-26(10-7-23)14-21(28)19-13-25-20-12-17(3)4-5-18(19)20/h4-5,8,11-13,16,25,29H,6-7,9-10,14-15H2,1-3H3. The van der Waals surface area contributed by atoms with Crippen molar-refractivity contribution in [1.82, 2.24) is 19.4 Å². The second kappa shape index (κ2) is 7.76. The number of fused-ring (bicyclic) bond motifs is 1. The summed E-state index contributed by atoms with van der Waals surface area (Å²) in [7, 11) is 0. The van der Waals surface area contributed by atoms with Crippen LogP contribution in [0.5, 0.6) is 0 Å². The Morgan fingerprint density at radius 1 is 1.31 bits per heavy atom. The van der Waals surface area contributed by atoms with Gasteiger partial charge in [-0.25, -0.2) is 4.98 Å². The zero-order valence-corrected chi connectivity index (χ0v) is 17.5. The predicted molar refractivity (Wildman–Crippen MR) is 114 cm³/mol. The molecule has 0 radical (unpaired) electrons. The summed E-state index contributed by atoms with van der Waals surface area (Å²) in [5.41, 5.74) is 2.18. The van der Waals surface area contributed by atoms with E-state index in [2.05, 4.69) is 39.3 Å². The van der Waals surface area contributed by atoms with E-state index in [0.29, 0.717) is 31.8 Å². The Kier molecular flexibility index (Phi) is 5.32. The van der Waals surface area contributed by atoms with E-state index in [1.165, 1.54) is 5.56 Å². The molecule has 1 fully saturated rings. The number of piperidine rings is 1. The van der Waals surface area contributed by atoms with Gasteiger partial charge in [-0.15, -0.1) is 0 Å². The fourth-order valence-electron chi connectivity index (χ4n) is 4.32. The molecule has 1 saturated heterocycles. The summed E-state index contributed by atoms with van der Waals surface area (Å²) >= 11 is 0. The van der Waals surface area contributed by atoms with Crippen molar-refractivity contribution in [2.45, 2.75) is 51.7 Å². The first-order valence-electron chi connectivity index (χ1n) is 10.4. The van der Waals surface area contributed by atoms with E-state index >= 15 is 0 Å². The Labute approximate surface area is 171 Å². The highest BCUT2D eigenvalue weighted by Crippen LogP contribution is 2.27. The van der Waals surface area contributed by atoms with Crippen LogP contribution in [-0.4, -0.2) is 55.6 Å². The quantitative estimate of drug-likeness (QED) is 0.628. The molecule has 2 aromatic heterocycles. The summed E-state index contributed by atoms with van der Waals surface area (Å²) in [6.45, 7) is 8.66. The number of likely N-dealkylation sites (tertiary alicyclic amines) is 1. The average molecular weight is 395 g/mol. The monoisotopic (exact) mass is 394 g/mol. The minimum atomic E-state index is -0.748. The van der Waals surface area contributed by atoms with Crippen LogP contribution < -0.4 is 0 Å². The number of nitrogens with one attached hydrogen (secondary N) is 1. The van der Waals surface area contributed by atoms with Gasteiger partial charge in [0.05, 0.1) is 18.7 Å². The van der Waals surface area contributed by atoms with Gasteiger partial charge in [-0.3, -0.25) is 9.69 Å². The van der Waals surface area contributed by atoms with Crippen LogP contribution in [0.4, 0.5) is 0 Å². The molecule has 4 rings (SSSR count). The zero-order valence-electron chi connectivity index (χ0n) is 17.5. The van der Waals surface area contributed by atoms with Crippen molar-refractivity contribution in [2.75, 3.05) is 19.6 Å². The molecular formula is C23H30N4O2. The topological polar surface area (TPSA) is 74.2 Å². The van der Waals surface area contributed by atoms with E-state index in [1.807, 2.05) is 31.5 Å². The number of H-pyrrole nitrogens is 1. The molecule has 1 aliphatic rings. The molecule has 3 heterocycles. The minimum absolute atomic E-state index is 0.127. The Balaban J connectivity index is 1.38. The van der Waals surface area contributed by atoms with Gasteiger partial charge >= 0.3 is 0 Å². The Morgan fingerprint density at radius 2 is 2.07 bits per heavy atom. The normalized spacial score (nSPS) is 17.3. The fraction of sp³-hybridized carbons (Fsp3) is 0.478. The molecule has 0 unspecified atom stereocenters. The highest BCUT2D eigenvalue weighted by Gasteiger charge is 2.34. The number of hydrogen-bond acceptors (Lipinski definition) is 4. The molecule has 0 saturated carbocycles. The molecule has 1 aliphatic heterocycles. The number of nitrogens with zero attached hydrogens (tertiary/aromatic N) is 3. The minimum Gasteiger partial charge on any atom is -0.388 e. The van der Waals surface area contributed by atoms with Crippen LogP contribution >= 0.6 is 0 Å². The number of imidazole rings is 1. The number of aromatic nitrogens is 3. The number of ketones is 1. The number of Topliss-reactive ketones (excluding diaryl/α,β-unsaturated/α-hetero) is 1. The van der Waals surface area contributed by atoms with Gasteiger partial charge in [0.15, 0.2) is 5.78 Å². The Morgan fingerprint density at radius 3 is 2.79 bits per heavy atom. The number of rotatable bonds is 6. The third kappa shape index (κ3) is 4.14. The molecule has 3 aromatic rings. The number of aromatic amines is 1. The summed E-state index contributed by atoms with van der Waals surface area (Å²) in [5.74, 6) is 1.46. The molecule has 1 aromatic carbocycles. The van der Waals surface area contributed by atoms with Crippen molar-refractivity contribution in [3.8, 4) is 0 Å². The van der Waals surface area contributed by atoms with Crippen molar-refractivity contribution >= 4 is 16.7 Å². The van der Waals surface area contributed by atoms with Gasteiger partial charge in [0.1, 0.15) is 5.82 Å². The molecule has 0 atom stereocenters. The van der Waals surface area contributed by atoms with E-state index in [0.717, 1.165) is 35.4 Å². The largest absolute Gasteiger partial charge is 0.388 e. The van der Waals surface area contributed by atoms with Gasteiger partial charge in [0, 0.05) is 54.1 Å². The summed E-state index contributed by atoms with van der Waals surface area (Å²) in [5, 5.41) is 12.1. The van der Waals surface area contributed by atoms with E-state index in [-0.39, 0.29) is 5.78 Å². The second-order valence-electron chi connectivity index (χ2n) is 8.74. The Bertz CT molecular complexity index is 1010. The number of carbonyl (C=O) groups excluding carboxylic acids is 1. The van der Waals surface area contributed by atoms with Crippen molar-refractivity contribution in [3.05, 3.63) is 53.7 Å². The average Bonchev–Trinajstić information content (AvgIpc) is 3.30. The lowest BCUT2D eigenvalue weighted by Gasteiger charge is -2.38. The SMILES string of the molecule is Cc1ccc2c(C(=O)CN3CCC(O)(Cn4ccnc4C(C)C)CC3)c[nH]c2c1. The van der Waals surface area contributed by atoms with Gasteiger partial charge in [-0.2, -0.15) is 0 Å². The van der Waals surface area contributed by atoms with Crippen molar-refractivity contribution in [1.29, 1.82) is 0 Å². The highest BCUT2D eigenvalue weighted by atomic mass is 16.3. The first-order chi connectivity index (χ1) is 13.8. The molecule has 6 nitrogen and oxygen atoms in total. The molecule has 0 aliphatic carbocycles. The van der Waals surface area contributed by atoms with Crippen LogP contribution in [0.2, 0.25) is 0 Å². The molecule has 0 amide bonds. The van der Waals surface area contributed by atoms with Crippen LogP contribution in [0.25, 0.3) is 10.9 Å². The van der Waals surface area contributed by atoms with Crippen LogP contribution in [0.3, 0.4) is 0 Å². The summed E-state index contributed by atoms with van der Waals surface area (Å²) in [6.07, 6.45) is 6.88. The smallest absolute Gasteiger partial charge is 0.178 e. The highest BCUT2D eigenvalue weighted by molar-refractivity contribution is 6.08. The number of aliphatic hydroxyl groups is 1. The van der Waals surface area contributed by atoms with Crippen LogP contribution in [-0.2, 0) is 6.54 Å². The van der Waals surface area contributed by atoms with Crippen molar-refractivity contribution in [2.24, 2.45) is 0 Å². The predicted octanol–water partition coefficient (Wildman–Crippen LogP) is 3.51. The number of hydrogen-bond donors (Lipinski definition) is 2. The lowest BCUT2D eigenvalue weighted by atomic mass is 9.90. The number of aryl methyl sites for hydroxylation is 1. The third-order valence-electron chi connectivity index (χ3n) is 6.02. The molecule has 6 heteroatoms. The first-order valence-corrected chi connectivity index (χ1v) is 10.4. The summed E-state index contributed by atoms with van der Waals surface area (Å²) < 4.78 is 2.07.